The molecular weight excluding hydrogens is 357 g/mol. The summed E-state index contributed by atoms with van der Waals surface area (Å²) in [6.07, 6.45) is 1.41. The van der Waals surface area contributed by atoms with Gasteiger partial charge in [0, 0.05) is 10.1 Å². The standard InChI is InChI=1S/C10H10INO4S/c1-2-5-12-17(15,16)7-3-4-9(11)8(6-7)10(13)14/h2-4,6,12H,1,5H2,(H,13,14). The first-order valence-corrected chi connectivity index (χ1v) is 7.08. The Morgan fingerprint density at radius 1 is 1.53 bits per heavy atom. The van der Waals surface area contributed by atoms with Gasteiger partial charge in [0.15, 0.2) is 0 Å². The number of carbonyl (C=O) groups is 1. The van der Waals surface area contributed by atoms with Gasteiger partial charge in [0.2, 0.25) is 10.0 Å². The largest absolute Gasteiger partial charge is 0.478 e. The Bertz CT molecular complexity index is 553. The van der Waals surface area contributed by atoms with Gasteiger partial charge < -0.3 is 5.11 Å². The molecule has 1 rings (SSSR count). The number of halogens is 1. The van der Waals surface area contributed by atoms with Crippen LogP contribution in [0.4, 0.5) is 0 Å². The predicted molar refractivity (Wildman–Crippen MR) is 71.5 cm³/mol. The maximum Gasteiger partial charge on any atom is 0.336 e. The lowest BCUT2D eigenvalue weighted by molar-refractivity contribution is 0.0695. The Morgan fingerprint density at radius 2 is 2.18 bits per heavy atom. The molecule has 0 fully saturated rings. The summed E-state index contributed by atoms with van der Waals surface area (Å²) < 4.78 is 26.2. The van der Waals surface area contributed by atoms with Crippen LogP contribution in [0.1, 0.15) is 10.4 Å². The monoisotopic (exact) mass is 367 g/mol. The van der Waals surface area contributed by atoms with Crippen LogP contribution in [0.5, 0.6) is 0 Å². The first-order chi connectivity index (χ1) is 7.88. The molecular formula is C10H10INO4S. The Balaban J connectivity index is 3.20. The maximum atomic E-state index is 11.7. The van der Waals surface area contributed by atoms with E-state index in [4.69, 9.17) is 5.11 Å². The van der Waals surface area contributed by atoms with Crippen LogP contribution in [-0.2, 0) is 10.0 Å². The van der Waals surface area contributed by atoms with Crippen molar-refractivity contribution in [3.63, 3.8) is 0 Å². The number of aromatic carboxylic acids is 1. The third-order valence-corrected chi connectivity index (χ3v) is 4.26. The molecule has 0 aliphatic carbocycles. The van der Waals surface area contributed by atoms with E-state index in [0.717, 1.165) is 6.07 Å². The summed E-state index contributed by atoms with van der Waals surface area (Å²) in [4.78, 5) is 10.8. The van der Waals surface area contributed by atoms with Crippen LogP contribution in [0.2, 0.25) is 0 Å². The van der Waals surface area contributed by atoms with Crippen LogP contribution in [0.3, 0.4) is 0 Å². The Morgan fingerprint density at radius 3 is 2.71 bits per heavy atom. The van der Waals surface area contributed by atoms with E-state index in [0.29, 0.717) is 3.57 Å². The SMILES string of the molecule is C=CCNS(=O)(=O)c1ccc(I)c(C(=O)O)c1. The Kier molecular flexibility index (Phi) is 4.66. The zero-order valence-corrected chi connectivity index (χ0v) is 11.7. The van der Waals surface area contributed by atoms with Gasteiger partial charge in [-0.25, -0.2) is 17.9 Å². The van der Waals surface area contributed by atoms with Crippen molar-refractivity contribution in [2.75, 3.05) is 6.54 Å². The number of nitrogens with one attached hydrogen (secondary N) is 1. The molecule has 0 amide bonds. The second-order valence-electron chi connectivity index (χ2n) is 3.09. The molecule has 0 saturated carbocycles. The zero-order chi connectivity index (χ0) is 13.1. The summed E-state index contributed by atoms with van der Waals surface area (Å²) in [7, 11) is -3.68. The lowest BCUT2D eigenvalue weighted by Crippen LogP contribution is -2.24. The van der Waals surface area contributed by atoms with Crippen LogP contribution >= 0.6 is 22.6 Å². The van der Waals surface area contributed by atoms with E-state index in [1.54, 1.807) is 0 Å². The molecule has 0 aromatic heterocycles. The van der Waals surface area contributed by atoms with Gasteiger partial charge in [0.25, 0.3) is 0 Å². The minimum absolute atomic E-state index is 0.0351. The molecule has 5 nitrogen and oxygen atoms in total. The summed E-state index contributed by atoms with van der Waals surface area (Å²) in [5.41, 5.74) is -0.0351. The number of hydrogen-bond donors (Lipinski definition) is 2. The molecule has 0 atom stereocenters. The topological polar surface area (TPSA) is 83.5 Å². The lowest BCUT2D eigenvalue weighted by Gasteiger charge is -2.06. The quantitative estimate of drug-likeness (QED) is 0.610. The second kappa shape index (κ2) is 5.61. The summed E-state index contributed by atoms with van der Waals surface area (Å²) in [5, 5.41) is 8.90. The van der Waals surface area contributed by atoms with Crippen molar-refractivity contribution in [3.8, 4) is 0 Å². The third-order valence-electron chi connectivity index (χ3n) is 1.90. The number of carboxylic acid groups (broad SMARTS) is 1. The average Bonchev–Trinajstić information content (AvgIpc) is 2.26. The van der Waals surface area contributed by atoms with E-state index >= 15 is 0 Å². The van der Waals surface area contributed by atoms with Crippen molar-refractivity contribution in [1.82, 2.24) is 4.72 Å². The minimum Gasteiger partial charge on any atom is -0.478 e. The molecule has 1 aromatic rings. The fraction of sp³-hybridized carbons (Fsp3) is 0.100. The second-order valence-corrected chi connectivity index (χ2v) is 6.02. The smallest absolute Gasteiger partial charge is 0.336 e. The molecule has 7 heteroatoms. The van der Waals surface area contributed by atoms with Gasteiger partial charge in [-0.3, -0.25) is 0 Å². The zero-order valence-electron chi connectivity index (χ0n) is 8.68. The molecule has 0 aliphatic rings. The highest BCUT2D eigenvalue weighted by Crippen LogP contribution is 2.17. The average molecular weight is 367 g/mol. The third kappa shape index (κ3) is 3.51. The van der Waals surface area contributed by atoms with Crippen molar-refractivity contribution in [3.05, 3.63) is 40.0 Å². The van der Waals surface area contributed by atoms with E-state index in [-0.39, 0.29) is 17.0 Å². The molecule has 0 aliphatic heterocycles. The van der Waals surface area contributed by atoms with Gasteiger partial charge in [-0.05, 0) is 40.8 Å². The van der Waals surface area contributed by atoms with Crippen molar-refractivity contribution >= 4 is 38.6 Å². The van der Waals surface area contributed by atoms with Crippen LogP contribution < -0.4 is 4.72 Å². The van der Waals surface area contributed by atoms with Crippen molar-refractivity contribution < 1.29 is 18.3 Å². The summed E-state index contributed by atoms with van der Waals surface area (Å²) >= 11 is 1.84. The highest BCUT2D eigenvalue weighted by atomic mass is 127. The molecule has 0 unspecified atom stereocenters. The Labute approximate surface area is 113 Å². The number of rotatable bonds is 5. The molecule has 0 bridgehead atoms. The van der Waals surface area contributed by atoms with Gasteiger partial charge in [0.1, 0.15) is 0 Å². The highest BCUT2D eigenvalue weighted by molar-refractivity contribution is 14.1. The maximum absolute atomic E-state index is 11.7. The van der Waals surface area contributed by atoms with Crippen LogP contribution in [0, 0.1) is 3.57 Å². The minimum atomic E-state index is -3.68. The molecule has 0 radical (unpaired) electrons. The highest BCUT2D eigenvalue weighted by Gasteiger charge is 2.17. The molecule has 2 N–H and O–H groups in total. The van der Waals surface area contributed by atoms with E-state index in [9.17, 15) is 13.2 Å². The molecule has 17 heavy (non-hydrogen) atoms. The number of carboxylic acids is 1. The number of sulfonamides is 1. The molecule has 1 aromatic carbocycles. The molecule has 0 saturated heterocycles. The lowest BCUT2D eigenvalue weighted by atomic mass is 10.2. The number of benzene rings is 1. The van der Waals surface area contributed by atoms with Crippen LogP contribution in [-0.4, -0.2) is 26.0 Å². The van der Waals surface area contributed by atoms with Crippen LogP contribution in [0.25, 0.3) is 0 Å². The predicted octanol–water partition coefficient (Wildman–Crippen LogP) is 1.45. The van der Waals surface area contributed by atoms with Gasteiger partial charge in [-0.2, -0.15) is 0 Å². The van der Waals surface area contributed by atoms with E-state index in [1.807, 2.05) is 22.6 Å². The van der Waals surface area contributed by atoms with Crippen molar-refractivity contribution in [2.45, 2.75) is 4.90 Å². The van der Waals surface area contributed by atoms with E-state index in [1.165, 1.54) is 18.2 Å². The van der Waals surface area contributed by atoms with Gasteiger partial charge in [0.05, 0.1) is 10.5 Å². The fourth-order valence-electron chi connectivity index (χ4n) is 1.09. The molecule has 0 heterocycles. The normalized spacial score (nSPS) is 11.1. The molecule has 92 valence electrons. The van der Waals surface area contributed by atoms with E-state index < -0.39 is 16.0 Å². The summed E-state index contributed by atoms with van der Waals surface area (Å²) in [5.74, 6) is -1.16. The Hall–Kier alpha value is -0.930. The van der Waals surface area contributed by atoms with Gasteiger partial charge >= 0.3 is 5.97 Å². The van der Waals surface area contributed by atoms with E-state index in [2.05, 4.69) is 11.3 Å². The first-order valence-electron chi connectivity index (χ1n) is 4.52. The van der Waals surface area contributed by atoms with Crippen molar-refractivity contribution in [1.29, 1.82) is 0 Å². The summed E-state index contributed by atoms with van der Waals surface area (Å²) in [6.45, 7) is 3.49. The van der Waals surface area contributed by atoms with Gasteiger partial charge in [-0.15, -0.1) is 6.58 Å². The van der Waals surface area contributed by atoms with Crippen LogP contribution in [0.15, 0.2) is 35.7 Å². The molecule has 0 spiro atoms. The first kappa shape index (κ1) is 14.1. The fourth-order valence-corrected chi connectivity index (χ4v) is 2.68. The van der Waals surface area contributed by atoms with Crippen molar-refractivity contribution in [2.24, 2.45) is 0 Å². The van der Waals surface area contributed by atoms with Gasteiger partial charge in [-0.1, -0.05) is 6.08 Å². The summed E-state index contributed by atoms with van der Waals surface area (Å²) in [6, 6.07) is 3.95. The number of hydrogen-bond acceptors (Lipinski definition) is 3.